The highest BCUT2D eigenvalue weighted by atomic mass is 79.9. The predicted molar refractivity (Wildman–Crippen MR) is 62.5 cm³/mol. The Morgan fingerprint density at radius 1 is 1.28 bits per heavy atom. The molecule has 0 fully saturated rings. The zero-order valence-electron chi connectivity index (χ0n) is 9.34. The van der Waals surface area contributed by atoms with Gasteiger partial charge in [-0.05, 0) is 18.2 Å². The topological polar surface area (TPSA) is 23.5 Å². The van der Waals surface area contributed by atoms with Crippen LogP contribution >= 0.6 is 15.9 Å². The minimum absolute atomic E-state index is 0.155. The predicted octanol–water partition coefficient (Wildman–Crippen LogP) is 2.94. The van der Waals surface area contributed by atoms with Gasteiger partial charge in [0.25, 0.3) is 0 Å². The first-order valence-corrected chi connectivity index (χ1v) is 5.95. The third kappa shape index (κ3) is 5.32. The molecule has 1 aromatic carbocycles. The largest absolute Gasteiger partial charge is 0.401 e. The quantitative estimate of drug-likeness (QED) is 0.839. The molecule has 1 N–H and O–H groups in total. The van der Waals surface area contributed by atoms with Crippen LogP contribution in [-0.4, -0.2) is 35.9 Å². The molecule has 0 spiro atoms. The second-order valence-corrected chi connectivity index (χ2v) is 4.70. The van der Waals surface area contributed by atoms with Gasteiger partial charge in [0.15, 0.2) is 0 Å². The van der Waals surface area contributed by atoms with Gasteiger partial charge in [-0.1, -0.05) is 15.9 Å². The van der Waals surface area contributed by atoms with E-state index in [1.165, 1.54) is 18.2 Å². The van der Waals surface area contributed by atoms with Gasteiger partial charge >= 0.3 is 6.18 Å². The lowest BCUT2D eigenvalue weighted by Crippen LogP contribution is -2.36. The van der Waals surface area contributed by atoms with Gasteiger partial charge in [0.2, 0.25) is 0 Å². The van der Waals surface area contributed by atoms with E-state index in [1.54, 1.807) is 0 Å². The summed E-state index contributed by atoms with van der Waals surface area (Å²) in [4.78, 5) is 0.949. The van der Waals surface area contributed by atoms with E-state index in [-0.39, 0.29) is 18.7 Å². The van der Waals surface area contributed by atoms with E-state index >= 15 is 0 Å². The summed E-state index contributed by atoms with van der Waals surface area (Å²) < 4.78 is 50.9. The SMILES string of the molecule is OCCN(Cc1cc(Br)ccc1F)CC(F)(F)F. The lowest BCUT2D eigenvalue weighted by Gasteiger charge is -2.23. The van der Waals surface area contributed by atoms with Crippen LogP contribution in [0.15, 0.2) is 22.7 Å². The zero-order chi connectivity index (χ0) is 13.8. The molecule has 0 heterocycles. The second kappa shape index (κ2) is 6.49. The number of benzene rings is 1. The van der Waals surface area contributed by atoms with Crippen molar-refractivity contribution in [3.63, 3.8) is 0 Å². The number of rotatable bonds is 5. The molecule has 2 nitrogen and oxygen atoms in total. The molecule has 102 valence electrons. The second-order valence-electron chi connectivity index (χ2n) is 3.79. The third-order valence-electron chi connectivity index (χ3n) is 2.22. The van der Waals surface area contributed by atoms with Crippen LogP contribution in [0.1, 0.15) is 5.56 Å². The summed E-state index contributed by atoms with van der Waals surface area (Å²) >= 11 is 3.13. The molecule has 7 heteroatoms. The van der Waals surface area contributed by atoms with Gasteiger partial charge in [0, 0.05) is 23.1 Å². The Kier molecular flexibility index (Phi) is 5.55. The van der Waals surface area contributed by atoms with E-state index < -0.39 is 25.1 Å². The maximum atomic E-state index is 13.4. The lowest BCUT2D eigenvalue weighted by atomic mass is 10.2. The number of nitrogens with zero attached hydrogens (tertiary/aromatic N) is 1. The molecule has 0 amide bonds. The standard InChI is InChI=1S/C11H12BrF4NO/c12-9-1-2-10(13)8(5-9)6-17(3-4-18)7-11(14,15)16/h1-2,5,18H,3-4,6-7H2. The Balaban J connectivity index is 2.79. The summed E-state index contributed by atoms with van der Waals surface area (Å²) in [5.74, 6) is -0.566. The molecule has 0 aliphatic carbocycles. The van der Waals surface area contributed by atoms with Crippen molar-refractivity contribution in [1.29, 1.82) is 0 Å². The maximum Gasteiger partial charge on any atom is 0.401 e. The van der Waals surface area contributed by atoms with Crippen LogP contribution < -0.4 is 0 Å². The Morgan fingerprint density at radius 2 is 1.94 bits per heavy atom. The number of hydrogen-bond acceptors (Lipinski definition) is 2. The summed E-state index contributed by atoms with van der Waals surface area (Å²) in [5.41, 5.74) is 0.155. The van der Waals surface area contributed by atoms with E-state index in [0.29, 0.717) is 4.47 Å². The minimum atomic E-state index is -4.38. The van der Waals surface area contributed by atoms with Crippen LogP contribution in [0.25, 0.3) is 0 Å². The molecular formula is C11H12BrF4NO. The first kappa shape index (κ1) is 15.4. The first-order chi connectivity index (χ1) is 8.31. The van der Waals surface area contributed by atoms with Gasteiger partial charge < -0.3 is 5.11 Å². The third-order valence-corrected chi connectivity index (χ3v) is 2.71. The van der Waals surface area contributed by atoms with Gasteiger partial charge in [0.1, 0.15) is 5.82 Å². The summed E-state index contributed by atoms with van der Waals surface area (Å²) in [6.07, 6.45) is -4.38. The van der Waals surface area contributed by atoms with Crippen LogP contribution in [0.3, 0.4) is 0 Å². The summed E-state index contributed by atoms with van der Waals surface area (Å²) in [7, 11) is 0. The molecule has 0 aliphatic rings. The summed E-state index contributed by atoms with van der Waals surface area (Å²) in [6, 6.07) is 4.08. The highest BCUT2D eigenvalue weighted by Gasteiger charge is 2.30. The van der Waals surface area contributed by atoms with E-state index in [0.717, 1.165) is 4.90 Å². The van der Waals surface area contributed by atoms with Crippen molar-refractivity contribution < 1.29 is 22.7 Å². The molecule has 0 aromatic heterocycles. The van der Waals surface area contributed by atoms with Crippen LogP contribution in [-0.2, 0) is 6.54 Å². The Labute approximate surface area is 110 Å². The number of halogens is 5. The van der Waals surface area contributed by atoms with Gasteiger partial charge in [-0.3, -0.25) is 4.90 Å². The Hall–Kier alpha value is -0.660. The number of aliphatic hydroxyl groups excluding tert-OH is 1. The van der Waals surface area contributed by atoms with Crippen LogP contribution in [0.2, 0.25) is 0 Å². The molecule has 1 rings (SSSR count). The smallest absolute Gasteiger partial charge is 0.395 e. The van der Waals surface area contributed by atoms with E-state index in [9.17, 15) is 17.6 Å². The van der Waals surface area contributed by atoms with Crippen molar-refractivity contribution >= 4 is 15.9 Å². The zero-order valence-corrected chi connectivity index (χ0v) is 10.9. The van der Waals surface area contributed by atoms with Crippen LogP contribution in [0.5, 0.6) is 0 Å². The minimum Gasteiger partial charge on any atom is -0.395 e. The lowest BCUT2D eigenvalue weighted by molar-refractivity contribution is -0.148. The normalized spacial score (nSPS) is 12.2. The fraction of sp³-hybridized carbons (Fsp3) is 0.455. The van der Waals surface area contributed by atoms with Crippen molar-refractivity contribution in [2.24, 2.45) is 0 Å². The van der Waals surface area contributed by atoms with Crippen molar-refractivity contribution in [3.05, 3.63) is 34.1 Å². The fourth-order valence-electron chi connectivity index (χ4n) is 1.51. The van der Waals surface area contributed by atoms with Crippen molar-refractivity contribution in [2.75, 3.05) is 19.7 Å². The van der Waals surface area contributed by atoms with Gasteiger partial charge in [-0.25, -0.2) is 4.39 Å². The molecule has 0 bridgehead atoms. The van der Waals surface area contributed by atoms with Crippen molar-refractivity contribution in [3.8, 4) is 0 Å². The van der Waals surface area contributed by atoms with Crippen LogP contribution in [0.4, 0.5) is 17.6 Å². The monoisotopic (exact) mass is 329 g/mol. The molecule has 0 atom stereocenters. The average molecular weight is 330 g/mol. The summed E-state index contributed by atoms with van der Waals surface area (Å²) in [5, 5.41) is 8.72. The molecule has 1 aromatic rings. The average Bonchev–Trinajstić information content (AvgIpc) is 2.21. The summed E-state index contributed by atoms with van der Waals surface area (Å²) in [6.45, 7) is -1.96. The van der Waals surface area contributed by atoms with E-state index in [1.807, 2.05) is 0 Å². The van der Waals surface area contributed by atoms with Crippen molar-refractivity contribution in [2.45, 2.75) is 12.7 Å². The van der Waals surface area contributed by atoms with Crippen molar-refractivity contribution in [1.82, 2.24) is 4.90 Å². The first-order valence-electron chi connectivity index (χ1n) is 5.15. The molecule has 0 saturated carbocycles. The van der Waals surface area contributed by atoms with Gasteiger partial charge in [0.05, 0.1) is 13.2 Å². The molecule has 18 heavy (non-hydrogen) atoms. The highest BCUT2D eigenvalue weighted by molar-refractivity contribution is 9.10. The Morgan fingerprint density at radius 3 is 2.50 bits per heavy atom. The Bertz CT molecular complexity index is 397. The molecule has 0 radical (unpaired) electrons. The number of hydrogen-bond donors (Lipinski definition) is 1. The molecule has 0 unspecified atom stereocenters. The number of aliphatic hydroxyl groups is 1. The van der Waals surface area contributed by atoms with E-state index in [2.05, 4.69) is 15.9 Å². The molecular weight excluding hydrogens is 318 g/mol. The molecule has 0 saturated heterocycles. The fourth-order valence-corrected chi connectivity index (χ4v) is 1.92. The van der Waals surface area contributed by atoms with Crippen LogP contribution in [0, 0.1) is 5.82 Å². The van der Waals surface area contributed by atoms with E-state index in [4.69, 9.17) is 5.11 Å². The molecule has 0 aliphatic heterocycles. The maximum absolute atomic E-state index is 13.4. The number of alkyl halides is 3. The van der Waals surface area contributed by atoms with Gasteiger partial charge in [-0.2, -0.15) is 13.2 Å². The highest BCUT2D eigenvalue weighted by Crippen LogP contribution is 2.21. The van der Waals surface area contributed by atoms with Gasteiger partial charge in [-0.15, -0.1) is 0 Å².